The fourth-order valence-electron chi connectivity index (χ4n) is 3.68. The Morgan fingerprint density at radius 1 is 1.14 bits per heavy atom. The molecule has 0 radical (unpaired) electrons. The van der Waals surface area contributed by atoms with Gasteiger partial charge in [-0.2, -0.15) is 4.98 Å². The molecule has 0 aliphatic carbocycles. The van der Waals surface area contributed by atoms with Gasteiger partial charge in [0.15, 0.2) is 5.82 Å². The quantitative estimate of drug-likeness (QED) is 0.786. The molecular weight excluding hydrogens is 358 g/mol. The molecule has 2 aliphatic heterocycles. The van der Waals surface area contributed by atoms with Crippen molar-refractivity contribution >= 4 is 11.7 Å². The van der Waals surface area contributed by atoms with Gasteiger partial charge in [-0.05, 0) is 19.9 Å². The average molecular weight is 385 g/mol. The number of hydrogen-bond acceptors (Lipinski definition) is 8. The summed E-state index contributed by atoms with van der Waals surface area (Å²) in [4.78, 5) is 32.5. The molecule has 1 amide bonds. The third-order valence-electron chi connectivity index (χ3n) is 5.44. The number of aromatic nitrogens is 4. The van der Waals surface area contributed by atoms with Gasteiger partial charge in [-0.1, -0.05) is 19.0 Å². The lowest BCUT2D eigenvalue weighted by Crippen LogP contribution is -2.47. The monoisotopic (exact) mass is 385 g/mol. The van der Waals surface area contributed by atoms with E-state index in [1.165, 1.54) is 0 Å². The molecule has 4 rings (SSSR count). The summed E-state index contributed by atoms with van der Waals surface area (Å²) in [7, 11) is 2.07. The third-order valence-corrected chi connectivity index (χ3v) is 5.44. The van der Waals surface area contributed by atoms with Crippen LogP contribution < -0.4 is 4.90 Å². The van der Waals surface area contributed by atoms with Crippen molar-refractivity contribution in [2.75, 3.05) is 44.7 Å². The van der Waals surface area contributed by atoms with Crippen molar-refractivity contribution in [3.63, 3.8) is 0 Å². The van der Waals surface area contributed by atoms with E-state index in [9.17, 15) is 4.79 Å². The Labute approximate surface area is 164 Å². The SMILES string of the molecule is CC(C)c1noc([C@@H]2CCCN2c2cncc(C(=O)N3CCN(C)CC3)n2)n1. The van der Waals surface area contributed by atoms with Crippen molar-refractivity contribution in [3.05, 3.63) is 29.8 Å². The van der Waals surface area contributed by atoms with Gasteiger partial charge in [-0.3, -0.25) is 9.78 Å². The zero-order chi connectivity index (χ0) is 19.7. The highest BCUT2D eigenvalue weighted by molar-refractivity contribution is 5.92. The van der Waals surface area contributed by atoms with Crippen LogP contribution >= 0.6 is 0 Å². The van der Waals surface area contributed by atoms with E-state index < -0.39 is 0 Å². The number of rotatable bonds is 4. The maximum Gasteiger partial charge on any atom is 0.274 e. The lowest BCUT2D eigenvalue weighted by molar-refractivity contribution is 0.0658. The second-order valence-electron chi connectivity index (χ2n) is 7.85. The van der Waals surface area contributed by atoms with Crippen LogP contribution in [0.1, 0.15) is 60.9 Å². The van der Waals surface area contributed by atoms with Crippen LogP contribution in [0, 0.1) is 0 Å². The number of piperazine rings is 1. The van der Waals surface area contributed by atoms with Crippen molar-refractivity contribution in [1.29, 1.82) is 0 Å². The molecule has 0 saturated carbocycles. The van der Waals surface area contributed by atoms with Gasteiger partial charge in [0.2, 0.25) is 5.89 Å². The minimum Gasteiger partial charge on any atom is -0.343 e. The van der Waals surface area contributed by atoms with Gasteiger partial charge in [0.05, 0.1) is 12.4 Å². The number of nitrogens with zero attached hydrogens (tertiary/aromatic N) is 7. The first-order valence-electron chi connectivity index (χ1n) is 9.93. The third kappa shape index (κ3) is 3.71. The molecule has 2 fully saturated rings. The number of amides is 1. The molecule has 0 N–H and O–H groups in total. The average Bonchev–Trinajstić information content (AvgIpc) is 3.37. The van der Waals surface area contributed by atoms with Crippen LogP contribution in [0.15, 0.2) is 16.9 Å². The minimum absolute atomic E-state index is 0.0247. The summed E-state index contributed by atoms with van der Waals surface area (Å²) in [5.74, 6) is 2.17. The molecule has 4 heterocycles. The molecule has 28 heavy (non-hydrogen) atoms. The van der Waals surface area contributed by atoms with Gasteiger partial charge in [-0.25, -0.2) is 4.98 Å². The van der Waals surface area contributed by atoms with E-state index >= 15 is 0 Å². The van der Waals surface area contributed by atoms with Gasteiger partial charge < -0.3 is 19.2 Å². The maximum atomic E-state index is 12.8. The molecular formula is C19H27N7O2. The van der Waals surface area contributed by atoms with Gasteiger partial charge in [-0.15, -0.1) is 0 Å². The van der Waals surface area contributed by atoms with Gasteiger partial charge in [0.25, 0.3) is 5.91 Å². The largest absolute Gasteiger partial charge is 0.343 e. The zero-order valence-electron chi connectivity index (χ0n) is 16.7. The summed E-state index contributed by atoms with van der Waals surface area (Å²) in [5, 5.41) is 4.09. The molecule has 9 nitrogen and oxygen atoms in total. The standard InChI is InChI=1S/C19H27N7O2/c1-13(2)17-22-18(28-23-17)15-5-4-6-26(15)16-12-20-11-14(21-16)19(27)25-9-7-24(3)8-10-25/h11-13,15H,4-10H2,1-3H3/t15-/m0/s1. The summed E-state index contributed by atoms with van der Waals surface area (Å²) >= 11 is 0. The first-order valence-corrected chi connectivity index (χ1v) is 9.93. The summed E-state index contributed by atoms with van der Waals surface area (Å²) in [6.45, 7) is 8.09. The van der Waals surface area contributed by atoms with E-state index in [0.717, 1.165) is 32.5 Å². The second kappa shape index (κ2) is 7.83. The molecule has 0 aromatic carbocycles. The summed E-state index contributed by atoms with van der Waals surface area (Å²) in [6, 6.07) is -0.0247. The van der Waals surface area contributed by atoms with Crippen molar-refractivity contribution in [1.82, 2.24) is 29.9 Å². The van der Waals surface area contributed by atoms with Crippen molar-refractivity contribution in [2.24, 2.45) is 0 Å². The van der Waals surface area contributed by atoms with Gasteiger partial charge in [0.1, 0.15) is 17.6 Å². The van der Waals surface area contributed by atoms with E-state index in [2.05, 4.69) is 37.0 Å². The Morgan fingerprint density at radius 3 is 2.64 bits per heavy atom. The number of hydrogen-bond donors (Lipinski definition) is 0. The highest BCUT2D eigenvalue weighted by atomic mass is 16.5. The second-order valence-corrected chi connectivity index (χ2v) is 7.85. The van der Waals surface area contributed by atoms with E-state index in [0.29, 0.717) is 36.3 Å². The van der Waals surface area contributed by atoms with Gasteiger partial charge in [0, 0.05) is 38.6 Å². The van der Waals surface area contributed by atoms with Crippen LogP contribution in [0.4, 0.5) is 5.82 Å². The Morgan fingerprint density at radius 2 is 1.93 bits per heavy atom. The normalized spacial score (nSPS) is 20.9. The Balaban J connectivity index is 1.53. The van der Waals surface area contributed by atoms with E-state index in [4.69, 9.17) is 4.52 Å². The minimum atomic E-state index is -0.0573. The van der Waals surface area contributed by atoms with Crippen LogP contribution in [-0.2, 0) is 0 Å². The fourth-order valence-corrected chi connectivity index (χ4v) is 3.68. The maximum absolute atomic E-state index is 12.8. The van der Waals surface area contributed by atoms with E-state index in [-0.39, 0.29) is 17.9 Å². The topological polar surface area (TPSA) is 91.5 Å². The highest BCUT2D eigenvalue weighted by Gasteiger charge is 2.33. The Kier molecular flexibility index (Phi) is 5.25. The molecule has 9 heteroatoms. The lowest BCUT2D eigenvalue weighted by atomic mass is 10.2. The molecule has 150 valence electrons. The van der Waals surface area contributed by atoms with E-state index in [1.807, 2.05) is 18.7 Å². The summed E-state index contributed by atoms with van der Waals surface area (Å²) < 4.78 is 5.51. The highest BCUT2D eigenvalue weighted by Crippen LogP contribution is 2.34. The Bertz CT molecular complexity index is 829. The van der Waals surface area contributed by atoms with Crippen LogP contribution in [0.25, 0.3) is 0 Å². The van der Waals surface area contributed by atoms with Gasteiger partial charge >= 0.3 is 0 Å². The predicted octanol–water partition coefficient (Wildman–Crippen LogP) is 1.71. The number of likely N-dealkylation sites (N-methyl/N-ethyl adjacent to an activating group) is 1. The molecule has 1 atom stereocenters. The first kappa shape index (κ1) is 18.8. The van der Waals surface area contributed by atoms with Crippen LogP contribution in [0.5, 0.6) is 0 Å². The smallest absolute Gasteiger partial charge is 0.274 e. The molecule has 0 unspecified atom stereocenters. The summed E-state index contributed by atoms with van der Waals surface area (Å²) in [6.07, 6.45) is 5.18. The van der Waals surface area contributed by atoms with Crippen molar-refractivity contribution in [2.45, 2.75) is 38.6 Å². The molecule has 2 aliphatic rings. The molecule has 2 saturated heterocycles. The van der Waals surface area contributed by atoms with Crippen LogP contribution in [-0.4, -0.2) is 75.6 Å². The predicted molar refractivity (Wildman–Crippen MR) is 103 cm³/mol. The van der Waals surface area contributed by atoms with Crippen molar-refractivity contribution < 1.29 is 9.32 Å². The summed E-state index contributed by atoms with van der Waals surface area (Å²) in [5.41, 5.74) is 0.390. The van der Waals surface area contributed by atoms with Crippen molar-refractivity contribution in [3.8, 4) is 0 Å². The van der Waals surface area contributed by atoms with Crippen LogP contribution in [0.3, 0.4) is 0 Å². The fraction of sp³-hybridized carbons (Fsp3) is 0.632. The number of carbonyl (C=O) groups is 1. The molecule has 0 bridgehead atoms. The van der Waals surface area contributed by atoms with Crippen LogP contribution in [0.2, 0.25) is 0 Å². The zero-order valence-corrected chi connectivity index (χ0v) is 16.7. The molecule has 0 spiro atoms. The number of carbonyl (C=O) groups excluding carboxylic acids is 1. The van der Waals surface area contributed by atoms with E-state index in [1.54, 1.807) is 12.4 Å². The molecule has 2 aromatic heterocycles. The number of anilines is 1. The Hall–Kier alpha value is -2.55. The lowest BCUT2D eigenvalue weighted by Gasteiger charge is -2.32. The molecule has 2 aromatic rings. The first-order chi connectivity index (χ1) is 13.5.